The molecule has 0 aliphatic carbocycles. The maximum atomic E-state index is 13.5. The summed E-state index contributed by atoms with van der Waals surface area (Å²) in [6, 6.07) is 20.2. The van der Waals surface area contributed by atoms with E-state index in [0.717, 1.165) is 21.6 Å². The molecule has 3 aromatic carbocycles. The van der Waals surface area contributed by atoms with Gasteiger partial charge in [-0.3, -0.25) is 9.59 Å². The second-order valence-corrected chi connectivity index (χ2v) is 9.58. The number of hydrogen-bond acceptors (Lipinski definition) is 7. The molecule has 0 saturated heterocycles. The number of ether oxygens (including phenoxy) is 2. The largest absolute Gasteiger partial charge is 0.497 e. The van der Waals surface area contributed by atoms with Crippen LogP contribution in [0.4, 0.5) is 11.4 Å². The highest BCUT2D eigenvalue weighted by Crippen LogP contribution is 2.38. The van der Waals surface area contributed by atoms with Crippen molar-refractivity contribution in [3.8, 4) is 5.75 Å². The van der Waals surface area contributed by atoms with Gasteiger partial charge in [-0.25, -0.2) is 9.69 Å². The van der Waals surface area contributed by atoms with Crippen molar-refractivity contribution in [2.75, 3.05) is 17.3 Å². The molecule has 0 radical (unpaired) electrons. The first-order chi connectivity index (χ1) is 17.3. The molecule has 1 N–H and O–H groups in total. The number of esters is 1. The topological polar surface area (TPSA) is 84.9 Å². The third kappa shape index (κ3) is 5.56. The van der Waals surface area contributed by atoms with Gasteiger partial charge in [0.05, 0.1) is 24.5 Å². The molecule has 184 valence electrons. The van der Waals surface area contributed by atoms with Gasteiger partial charge in [0.25, 0.3) is 11.8 Å². The molecule has 2 amide bonds. The Kier molecular flexibility index (Phi) is 7.67. The first kappa shape index (κ1) is 25.3. The molecule has 9 heteroatoms. The predicted octanol–water partition coefficient (Wildman–Crippen LogP) is 5.90. The Bertz CT molecular complexity index is 1340. The van der Waals surface area contributed by atoms with Crippen LogP contribution < -0.4 is 15.0 Å². The first-order valence-corrected chi connectivity index (χ1v) is 12.2. The highest BCUT2D eigenvalue weighted by atomic mass is 35.5. The number of anilines is 2. The molecule has 3 aromatic rings. The average Bonchev–Trinajstić information content (AvgIpc) is 3.09. The lowest BCUT2D eigenvalue weighted by molar-refractivity contribution is -0.120. The van der Waals surface area contributed by atoms with E-state index in [-0.39, 0.29) is 16.7 Å². The third-order valence-corrected chi connectivity index (χ3v) is 6.46. The molecule has 1 aliphatic heterocycles. The Morgan fingerprint density at radius 3 is 2.31 bits per heavy atom. The van der Waals surface area contributed by atoms with Crippen molar-refractivity contribution in [1.82, 2.24) is 0 Å². The highest BCUT2D eigenvalue weighted by molar-refractivity contribution is 8.04. The standard InChI is InChI=1S/C27H23ClN2O5S/c1-16(2)35-27(33)17-7-11-20(12-8-17)30-25(31)23(29-19-5-4-6-21(15-19)34-3)24(26(30)32)36-22-13-9-18(28)10-14-22/h4-16,29H,1-3H3. The number of nitrogens with one attached hydrogen (secondary N) is 1. The van der Waals surface area contributed by atoms with Crippen molar-refractivity contribution >= 4 is 52.5 Å². The lowest BCUT2D eigenvalue weighted by atomic mass is 10.2. The van der Waals surface area contributed by atoms with E-state index in [4.69, 9.17) is 21.1 Å². The molecule has 36 heavy (non-hydrogen) atoms. The van der Waals surface area contributed by atoms with Crippen LogP contribution in [-0.2, 0) is 14.3 Å². The van der Waals surface area contributed by atoms with E-state index in [9.17, 15) is 14.4 Å². The molecule has 0 saturated carbocycles. The van der Waals surface area contributed by atoms with Crippen molar-refractivity contribution in [3.63, 3.8) is 0 Å². The van der Waals surface area contributed by atoms with Crippen molar-refractivity contribution in [3.05, 3.63) is 94.0 Å². The quantitative estimate of drug-likeness (QED) is 0.291. The SMILES string of the molecule is COc1cccc(NC2=C(Sc3ccc(Cl)cc3)C(=O)N(c3ccc(C(=O)OC(C)C)cc3)C2=O)c1. The fraction of sp³-hybridized carbons (Fsp3) is 0.148. The number of methoxy groups -OCH3 is 1. The van der Waals surface area contributed by atoms with Crippen molar-refractivity contribution in [2.24, 2.45) is 0 Å². The monoisotopic (exact) mass is 522 g/mol. The van der Waals surface area contributed by atoms with Crippen molar-refractivity contribution in [2.45, 2.75) is 24.8 Å². The Balaban J connectivity index is 1.67. The minimum atomic E-state index is -0.517. The van der Waals surface area contributed by atoms with Gasteiger partial charge in [0.15, 0.2) is 0 Å². The van der Waals surface area contributed by atoms with Gasteiger partial charge in [0.1, 0.15) is 16.4 Å². The number of carbonyl (C=O) groups is 3. The van der Waals surface area contributed by atoms with Crippen molar-refractivity contribution in [1.29, 1.82) is 0 Å². The summed E-state index contributed by atoms with van der Waals surface area (Å²) in [7, 11) is 1.55. The molecule has 0 bridgehead atoms. The van der Waals surface area contributed by atoms with Crippen LogP contribution in [0.25, 0.3) is 0 Å². The summed E-state index contributed by atoms with van der Waals surface area (Å²) in [6.07, 6.45) is -0.263. The minimum Gasteiger partial charge on any atom is -0.497 e. The van der Waals surface area contributed by atoms with Crippen LogP contribution >= 0.6 is 23.4 Å². The van der Waals surface area contributed by atoms with Gasteiger partial charge in [-0.1, -0.05) is 29.4 Å². The molecule has 0 fully saturated rings. The first-order valence-electron chi connectivity index (χ1n) is 11.1. The fourth-order valence-corrected chi connectivity index (χ4v) is 4.50. The molecule has 0 unspecified atom stereocenters. The fourth-order valence-electron chi connectivity index (χ4n) is 3.44. The number of carbonyl (C=O) groups excluding carboxylic acids is 3. The van der Waals surface area contributed by atoms with Crippen molar-refractivity contribution < 1.29 is 23.9 Å². The number of imide groups is 1. The highest BCUT2D eigenvalue weighted by Gasteiger charge is 2.40. The van der Waals surface area contributed by atoms with Gasteiger partial charge < -0.3 is 14.8 Å². The number of rotatable bonds is 8. The molecule has 0 atom stereocenters. The van der Waals surface area contributed by atoms with E-state index in [2.05, 4.69) is 5.32 Å². The lowest BCUT2D eigenvalue weighted by Crippen LogP contribution is -2.32. The summed E-state index contributed by atoms with van der Waals surface area (Å²) in [5, 5.41) is 3.66. The summed E-state index contributed by atoms with van der Waals surface area (Å²) >= 11 is 7.17. The van der Waals surface area contributed by atoms with E-state index in [1.54, 1.807) is 81.6 Å². The van der Waals surface area contributed by atoms with Crippen LogP contribution in [0.2, 0.25) is 5.02 Å². The molecule has 0 spiro atoms. The summed E-state index contributed by atoms with van der Waals surface area (Å²) in [5.74, 6) is -0.877. The van der Waals surface area contributed by atoms with Gasteiger partial charge in [-0.15, -0.1) is 0 Å². The molecule has 1 aliphatic rings. The molecule has 7 nitrogen and oxygen atoms in total. The van der Waals surface area contributed by atoms with E-state index in [1.807, 2.05) is 0 Å². The van der Waals surface area contributed by atoms with Gasteiger partial charge in [0, 0.05) is 21.7 Å². The number of amides is 2. The number of thioether (sulfide) groups is 1. The normalized spacial score (nSPS) is 13.4. The zero-order valence-corrected chi connectivity index (χ0v) is 21.4. The molecule has 0 aromatic heterocycles. The Hall–Kier alpha value is -3.75. The maximum Gasteiger partial charge on any atom is 0.338 e. The zero-order chi connectivity index (χ0) is 25.8. The second-order valence-electron chi connectivity index (χ2n) is 8.06. The van der Waals surface area contributed by atoms with E-state index < -0.39 is 17.8 Å². The van der Waals surface area contributed by atoms with E-state index >= 15 is 0 Å². The number of benzene rings is 3. The van der Waals surface area contributed by atoms with E-state index in [0.29, 0.717) is 27.7 Å². The lowest BCUT2D eigenvalue weighted by Gasteiger charge is -2.16. The number of hydrogen-bond donors (Lipinski definition) is 1. The minimum absolute atomic E-state index is 0.136. The van der Waals surface area contributed by atoms with Gasteiger partial charge in [0.2, 0.25) is 0 Å². The van der Waals surface area contributed by atoms with Gasteiger partial charge in [-0.05, 0) is 74.5 Å². The smallest absolute Gasteiger partial charge is 0.338 e. The summed E-state index contributed by atoms with van der Waals surface area (Å²) in [6.45, 7) is 3.52. The number of nitrogens with zero attached hydrogens (tertiary/aromatic N) is 1. The van der Waals surface area contributed by atoms with Crippen LogP contribution in [-0.4, -0.2) is 31.0 Å². The van der Waals surface area contributed by atoms with Crippen LogP contribution in [0.15, 0.2) is 88.3 Å². The Morgan fingerprint density at radius 2 is 1.67 bits per heavy atom. The molecular weight excluding hydrogens is 500 g/mol. The Morgan fingerprint density at radius 1 is 0.972 bits per heavy atom. The van der Waals surface area contributed by atoms with Crippen LogP contribution in [0, 0.1) is 0 Å². The summed E-state index contributed by atoms with van der Waals surface area (Å²) < 4.78 is 10.5. The summed E-state index contributed by atoms with van der Waals surface area (Å²) in [5.41, 5.74) is 1.39. The van der Waals surface area contributed by atoms with Gasteiger partial charge >= 0.3 is 5.97 Å². The Labute approximate surface area is 218 Å². The molecule has 4 rings (SSSR count). The average molecular weight is 523 g/mol. The summed E-state index contributed by atoms with van der Waals surface area (Å²) in [4.78, 5) is 41.3. The zero-order valence-electron chi connectivity index (χ0n) is 19.8. The van der Waals surface area contributed by atoms with E-state index in [1.165, 1.54) is 12.1 Å². The van der Waals surface area contributed by atoms with Crippen LogP contribution in [0.5, 0.6) is 5.75 Å². The van der Waals surface area contributed by atoms with Gasteiger partial charge in [-0.2, -0.15) is 0 Å². The third-order valence-electron chi connectivity index (χ3n) is 5.12. The second kappa shape index (κ2) is 10.9. The van der Waals surface area contributed by atoms with Crippen LogP contribution in [0.3, 0.4) is 0 Å². The maximum absolute atomic E-state index is 13.5. The molecular formula is C27H23ClN2O5S. The number of halogens is 1. The predicted molar refractivity (Wildman–Crippen MR) is 140 cm³/mol. The van der Waals surface area contributed by atoms with Crippen LogP contribution in [0.1, 0.15) is 24.2 Å². The molecule has 1 heterocycles.